The molecule has 0 aromatic heterocycles. The van der Waals surface area contributed by atoms with Gasteiger partial charge in [0.2, 0.25) is 0 Å². The van der Waals surface area contributed by atoms with Gasteiger partial charge in [0.15, 0.2) is 0 Å². The Kier molecular flexibility index (Phi) is 7.56. The van der Waals surface area contributed by atoms with Crippen LogP contribution in [0.4, 0.5) is 0 Å². The van der Waals surface area contributed by atoms with Crippen LogP contribution in [0.1, 0.15) is 25.8 Å². The van der Waals surface area contributed by atoms with Crippen LogP contribution in [0.2, 0.25) is 5.02 Å². The van der Waals surface area contributed by atoms with Gasteiger partial charge in [0.1, 0.15) is 5.75 Å². The van der Waals surface area contributed by atoms with Crippen LogP contribution in [0.15, 0.2) is 18.2 Å². The predicted octanol–water partition coefficient (Wildman–Crippen LogP) is 3.75. The molecule has 4 heteroatoms. The molecule has 0 aliphatic heterocycles. The Morgan fingerprint density at radius 3 is 2.83 bits per heavy atom. The fraction of sp³-hybridized carbons (Fsp3) is 0.571. The van der Waals surface area contributed by atoms with Crippen molar-refractivity contribution in [3.8, 4) is 5.75 Å². The largest absolute Gasteiger partial charge is 0.491 e. The maximum Gasteiger partial charge on any atom is 0.141 e. The second-order valence-corrected chi connectivity index (χ2v) is 5.95. The highest BCUT2D eigenvalue weighted by molar-refractivity contribution is 7.99. The molecule has 0 fully saturated rings. The molecule has 0 amide bonds. The van der Waals surface area contributed by atoms with Crippen molar-refractivity contribution in [2.45, 2.75) is 32.7 Å². The van der Waals surface area contributed by atoms with Gasteiger partial charge in [-0.05, 0) is 30.2 Å². The first-order chi connectivity index (χ1) is 8.69. The minimum atomic E-state index is 0.163. The van der Waals surface area contributed by atoms with Gasteiger partial charge in [0.25, 0.3) is 0 Å². The van der Waals surface area contributed by atoms with Gasteiger partial charge < -0.3 is 10.5 Å². The summed E-state index contributed by atoms with van der Waals surface area (Å²) in [6.07, 6.45) is 1.77. The van der Waals surface area contributed by atoms with Crippen LogP contribution in [0.5, 0.6) is 5.75 Å². The van der Waals surface area contributed by atoms with E-state index in [-0.39, 0.29) is 6.04 Å². The van der Waals surface area contributed by atoms with Crippen LogP contribution in [-0.4, -0.2) is 24.2 Å². The molecular weight excluding hydrogens is 266 g/mol. The van der Waals surface area contributed by atoms with E-state index >= 15 is 0 Å². The van der Waals surface area contributed by atoms with Crippen molar-refractivity contribution < 1.29 is 4.74 Å². The summed E-state index contributed by atoms with van der Waals surface area (Å²) < 4.78 is 5.81. The predicted molar refractivity (Wildman–Crippen MR) is 81.9 cm³/mol. The average Bonchev–Trinajstić information content (AvgIpc) is 2.37. The number of ether oxygens (including phenoxy) is 1. The van der Waals surface area contributed by atoms with Crippen molar-refractivity contribution in [3.05, 3.63) is 28.8 Å². The van der Waals surface area contributed by atoms with Gasteiger partial charge in [-0.25, -0.2) is 0 Å². The van der Waals surface area contributed by atoms with Gasteiger partial charge in [-0.3, -0.25) is 0 Å². The van der Waals surface area contributed by atoms with E-state index in [0.29, 0.717) is 11.6 Å². The number of benzene rings is 1. The van der Waals surface area contributed by atoms with Crippen LogP contribution in [0.3, 0.4) is 0 Å². The molecule has 2 nitrogen and oxygen atoms in total. The second kappa shape index (κ2) is 8.68. The Hall–Kier alpha value is -0.380. The van der Waals surface area contributed by atoms with Crippen LogP contribution in [-0.2, 0) is 6.42 Å². The van der Waals surface area contributed by atoms with E-state index in [2.05, 4.69) is 13.8 Å². The lowest BCUT2D eigenvalue weighted by Gasteiger charge is -2.15. The number of rotatable bonds is 8. The summed E-state index contributed by atoms with van der Waals surface area (Å²) in [7, 11) is 0. The number of halogens is 1. The minimum absolute atomic E-state index is 0.163. The molecule has 18 heavy (non-hydrogen) atoms. The smallest absolute Gasteiger partial charge is 0.141 e. The van der Waals surface area contributed by atoms with Crippen molar-refractivity contribution in [2.75, 3.05) is 18.1 Å². The molecule has 1 aromatic rings. The summed E-state index contributed by atoms with van der Waals surface area (Å²) in [5, 5.41) is 0.678. The zero-order valence-corrected chi connectivity index (χ0v) is 12.7. The second-order valence-electron chi connectivity index (χ2n) is 4.15. The lowest BCUT2D eigenvalue weighted by molar-refractivity contribution is 0.339. The fourth-order valence-corrected chi connectivity index (χ4v) is 2.39. The van der Waals surface area contributed by atoms with Crippen LogP contribution in [0, 0.1) is 0 Å². The van der Waals surface area contributed by atoms with E-state index in [0.717, 1.165) is 35.7 Å². The molecule has 0 saturated heterocycles. The fourth-order valence-electron chi connectivity index (χ4n) is 1.65. The summed E-state index contributed by atoms with van der Waals surface area (Å²) in [4.78, 5) is 0. The van der Waals surface area contributed by atoms with Gasteiger partial charge in [-0.1, -0.05) is 37.6 Å². The van der Waals surface area contributed by atoms with Crippen molar-refractivity contribution in [1.82, 2.24) is 0 Å². The Morgan fingerprint density at radius 1 is 1.39 bits per heavy atom. The summed E-state index contributed by atoms with van der Waals surface area (Å²) in [5.41, 5.74) is 7.11. The van der Waals surface area contributed by atoms with E-state index in [9.17, 15) is 0 Å². The molecule has 0 aliphatic carbocycles. The normalized spacial score (nSPS) is 12.4. The Balaban J connectivity index is 2.67. The topological polar surface area (TPSA) is 35.2 Å². The lowest BCUT2D eigenvalue weighted by atomic mass is 10.0. The van der Waals surface area contributed by atoms with E-state index in [1.807, 2.05) is 30.0 Å². The van der Waals surface area contributed by atoms with Crippen LogP contribution in [0.25, 0.3) is 0 Å². The molecule has 0 radical (unpaired) electrons. The van der Waals surface area contributed by atoms with Crippen molar-refractivity contribution in [3.63, 3.8) is 0 Å². The highest BCUT2D eigenvalue weighted by Crippen LogP contribution is 2.29. The molecule has 0 spiro atoms. The van der Waals surface area contributed by atoms with Gasteiger partial charge in [-0.2, -0.15) is 11.8 Å². The van der Waals surface area contributed by atoms with E-state index in [1.165, 1.54) is 0 Å². The Bertz CT molecular complexity index is 360. The molecule has 0 saturated carbocycles. The quantitative estimate of drug-likeness (QED) is 0.740. The number of thioether (sulfide) groups is 1. The Labute approximate surface area is 119 Å². The molecule has 2 N–H and O–H groups in total. The summed E-state index contributed by atoms with van der Waals surface area (Å²) in [6.45, 7) is 4.93. The van der Waals surface area contributed by atoms with E-state index in [4.69, 9.17) is 22.1 Å². The standard InChI is InChI=1S/C14H22ClNOS/c1-3-12(16)10-11-6-5-7-13(15)14(11)17-8-9-18-4-2/h5-7,12H,3-4,8-10,16H2,1-2H3. The lowest BCUT2D eigenvalue weighted by Crippen LogP contribution is -2.21. The molecule has 1 aromatic carbocycles. The van der Waals surface area contributed by atoms with Crippen LogP contribution >= 0.6 is 23.4 Å². The minimum Gasteiger partial charge on any atom is -0.491 e. The molecular formula is C14H22ClNOS. The summed E-state index contributed by atoms with van der Waals surface area (Å²) in [6, 6.07) is 6.03. The number of hydrogen-bond donors (Lipinski definition) is 1. The summed E-state index contributed by atoms with van der Waals surface area (Å²) in [5.74, 6) is 2.90. The van der Waals surface area contributed by atoms with Gasteiger partial charge in [0, 0.05) is 11.8 Å². The zero-order chi connectivity index (χ0) is 13.4. The molecule has 0 heterocycles. The first-order valence-electron chi connectivity index (χ1n) is 6.42. The van der Waals surface area contributed by atoms with Crippen molar-refractivity contribution >= 4 is 23.4 Å². The van der Waals surface area contributed by atoms with E-state index in [1.54, 1.807) is 0 Å². The van der Waals surface area contributed by atoms with Gasteiger partial charge in [0.05, 0.1) is 11.6 Å². The van der Waals surface area contributed by atoms with Crippen molar-refractivity contribution in [2.24, 2.45) is 5.73 Å². The third-order valence-corrected chi connectivity index (χ3v) is 3.89. The maximum absolute atomic E-state index is 6.20. The molecule has 102 valence electrons. The third-order valence-electron chi connectivity index (χ3n) is 2.73. The average molecular weight is 288 g/mol. The Morgan fingerprint density at radius 2 is 2.17 bits per heavy atom. The van der Waals surface area contributed by atoms with Gasteiger partial charge in [-0.15, -0.1) is 0 Å². The molecule has 1 unspecified atom stereocenters. The number of nitrogens with two attached hydrogens (primary N) is 1. The maximum atomic E-state index is 6.20. The highest BCUT2D eigenvalue weighted by atomic mass is 35.5. The first-order valence-corrected chi connectivity index (χ1v) is 7.95. The number of para-hydroxylation sites is 1. The van der Waals surface area contributed by atoms with Crippen molar-refractivity contribution in [1.29, 1.82) is 0 Å². The molecule has 0 aliphatic rings. The number of hydrogen-bond acceptors (Lipinski definition) is 3. The SMILES string of the molecule is CCSCCOc1c(Cl)cccc1CC(N)CC. The molecule has 0 bridgehead atoms. The first kappa shape index (κ1) is 15.7. The molecule has 1 rings (SSSR count). The summed E-state index contributed by atoms with van der Waals surface area (Å²) >= 11 is 8.06. The van der Waals surface area contributed by atoms with Gasteiger partial charge >= 0.3 is 0 Å². The van der Waals surface area contributed by atoms with Crippen LogP contribution < -0.4 is 10.5 Å². The zero-order valence-electron chi connectivity index (χ0n) is 11.1. The monoisotopic (exact) mass is 287 g/mol. The third kappa shape index (κ3) is 5.09. The van der Waals surface area contributed by atoms with E-state index < -0.39 is 0 Å². The highest BCUT2D eigenvalue weighted by Gasteiger charge is 2.11. The molecule has 1 atom stereocenters.